The molecule has 8 nitrogen and oxygen atoms in total. The lowest BCUT2D eigenvalue weighted by atomic mass is 9.97. The normalized spacial score (nSPS) is 23.8. The summed E-state index contributed by atoms with van der Waals surface area (Å²) in [6, 6.07) is 0. The maximum atomic E-state index is 12.9. The molecular weight excluding hydrogens is 342 g/mol. The first-order chi connectivity index (χ1) is 11.5. The molecule has 1 unspecified atom stereocenters. The Morgan fingerprint density at radius 3 is 2.16 bits per heavy atom. The number of rotatable bonds is 5. The predicted molar refractivity (Wildman–Crippen MR) is 101 cm³/mol. The van der Waals surface area contributed by atoms with Crippen molar-refractivity contribution in [2.45, 2.75) is 81.9 Å². The number of hydrazine groups is 1. The summed E-state index contributed by atoms with van der Waals surface area (Å²) in [6.45, 7) is 9.22. The third-order valence-corrected chi connectivity index (χ3v) is 6.49. The number of carbonyl (C=O) groups excluding carboxylic acids is 1. The van der Waals surface area contributed by atoms with E-state index in [9.17, 15) is 9.00 Å². The first-order valence-corrected chi connectivity index (χ1v) is 9.78. The largest absolute Gasteiger partial charge is 0.381 e. The predicted octanol–water partition coefficient (Wildman–Crippen LogP) is 0.710. The Morgan fingerprint density at radius 2 is 1.72 bits per heavy atom. The van der Waals surface area contributed by atoms with Gasteiger partial charge in [0.2, 0.25) is 11.9 Å². The molecule has 1 aliphatic rings. The van der Waals surface area contributed by atoms with Gasteiger partial charge in [-0.1, -0.05) is 0 Å². The standard InChI is InChI=1S/C16H33N5O3S/c1-15(2,3)21-20-14(19-17)18-13(22)16(4,5)25(23)12-9-7-11(24-6)8-10-12/h11-12,21H,7-10,17H2,1-6H3,(H2,18,19,20,22). The van der Waals surface area contributed by atoms with Crippen LogP contribution in [-0.4, -0.2) is 44.8 Å². The van der Waals surface area contributed by atoms with Gasteiger partial charge in [-0.15, -0.1) is 5.10 Å². The zero-order chi connectivity index (χ0) is 19.3. The van der Waals surface area contributed by atoms with Gasteiger partial charge in [0.25, 0.3) is 0 Å². The lowest BCUT2D eigenvalue weighted by Gasteiger charge is -2.33. The van der Waals surface area contributed by atoms with Crippen LogP contribution in [0, 0.1) is 0 Å². The molecule has 25 heavy (non-hydrogen) atoms. The third-order valence-electron chi connectivity index (χ3n) is 4.22. The fourth-order valence-electron chi connectivity index (χ4n) is 2.59. The molecule has 1 saturated carbocycles. The van der Waals surface area contributed by atoms with Gasteiger partial charge in [-0.05, 0) is 60.3 Å². The summed E-state index contributed by atoms with van der Waals surface area (Å²) in [4.78, 5) is 12.6. The Hall–Kier alpha value is -1.19. The average Bonchev–Trinajstić information content (AvgIpc) is 2.56. The molecule has 1 rings (SSSR count). The zero-order valence-corrected chi connectivity index (χ0v) is 17.0. The Morgan fingerprint density at radius 1 is 1.16 bits per heavy atom. The molecule has 0 radical (unpaired) electrons. The molecule has 1 fully saturated rings. The summed E-state index contributed by atoms with van der Waals surface area (Å²) in [5.74, 6) is 5.03. The van der Waals surface area contributed by atoms with Crippen molar-refractivity contribution in [3.63, 3.8) is 0 Å². The summed E-state index contributed by atoms with van der Waals surface area (Å²) >= 11 is 0. The summed E-state index contributed by atoms with van der Waals surface area (Å²) in [5.41, 5.74) is 5.50. The van der Waals surface area contributed by atoms with Crippen LogP contribution in [-0.2, 0) is 20.3 Å². The molecule has 0 heterocycles. The minimum Gasteiger partial charge on any atom is -0.381 e. The molecule has 1 atom stereocenters. The highest BCUT2D eigenvalue weighted by Gasteiger charge is 2.40. The molecule has 1 aliphatic carbocycles. The monoisotopic (exact) mass is 375 g/mol. The maximum Gasteiger partial charge on any atom is 0.245 e. The second-order valence-electron chi connectivity index (χ2n) is 7.87. The summed E-state index contributed by atoms with van der Waals surface area (Å²) < 4.78 is 17.2. The number of nitrogens with zero attached hydrogens (tertiary/aromatic N) is 1. The van der Waals surface area contributed by atoms with Gasteiger partial charge in [-0.2, -0.15) is 0 Å². The van der Waals surface area contributed by atoms with Crippen molar-refractivity contribution in [3.05, 3.63) is 0 Å². The molecule has 9 heteroatoms. The highest BCUT2D eigenvalue weighted by atomic mass is 32.2. The Kier molecular flexibility index (Phi) is 7.83. The second-order valence-corrected chi connectivity index (χ2v) is 10.2. The molecule has 146 valence electrons. The van der Waals surface area contributed by atoms with Gasteiger partial charge >= 0.3 is 0 Å². The first kappa shape index (κ1) is 21.9. The number of carbonyl (C=O) groups is 1. The van der Waals surface area contributed by atoms with E-state index < -0.39 is 15.5 Å². The van der Waals surface area contributed by atoms with Gasteiger partial charge in [0.05, 0.1) is 6.10 Å². The minimum absolute atomic E-state index is 0.00826. The molecule has 0 aliphatic heterocycles. The van der Waals surface area contributed by atoms with Gasteiger partial charge in [0.1, 0.15) is 4.75 Å². The Bertz CT molecular complexity index is 508. The van der Waals surface area contributed by atoms with Crippen LogP contribution < -0.4 is 22.0 Å². The van der Waals surface area contributed by atoms with E-state index in [2.05, 4.69) is 21.3 Å². The van der Waals surface area contributed by atoms with Crippen LogP contribution >= 0.6 is 0 Å². The molecule has 0 bridgehead atoms. The molecule has 5 N–H and O–H groups in total. The fourth-order valence-corrected chi connectivity index (χ4v) is 4.36. The van der Waals surface area contributed by atoms with Crippen molar-refractivity contribution in [2.24, 2.45) is 10.9 Å². The van der Waals surface area contributed by atoms with Crippen molar-refractivity contribution in [1.82, 2.24) is 16.2 Å². The highest BCUT2D eigenvalue weighted by Crippen LogP contribution is 2.29. The fraction of sp³-hybridized carbons (Fsp3) is 0.875. The quantitative estimate of drug-likeness (QED) is 0.243. The molecular formula is C16H33N5O3S. The second kappa shape index (κ2) is 8.95. The van der Waals surface area contributed by atoms with E-state index >= 15 is 0 Å². The number of hydrazone groups is 1. The van der Waals surface area contributed by atoms with E-state index in [1.807, 2.05) is 20.8 Å². The number of guanidine groups is 1. The molecule has 0 spiro atoms. The molecule has 0 saturated heterocycles. The molecule has 1 amide bonds. The maximum absolute atomic E-state index is 12.9. The number of nitrogens with two attached hydrogens (primary N) is 1. The Balaban J connectivity index is 2.66. The van der Waals surface area contributed by atoms with E-state index in [-0.39, 0.29) is 28.8 Å². The van der Waals surface area contributed by atoms with Crippen LogP contribution in [0.1, 0.15) is 60.3 Å². The van der Waals surface area contributed by atoms with Crippen LogP contribution in [0.3, 0.4) is 0 Å². The zero-order valence-electron chi connectivity index (χ0n) is 16.1. The lowest BCUT2D eigenvalue weighted by Crippen LogP contribution is -2.58. The van der Waals surface area contributed by atoms with Gasteiger partial charge < -0.3 is 10.6 Å². The summed E-state index contributed by atoms with van der Waals surface area (Å²) in [5, 5.41) is 6.14. The molecule has 0 aromatic heterocycles. The average molecular weight is 376 g/mol. The summed E-state index contributed by atoms with van der Waals surface area (Å²) in [6.07, 6.45) is 3.57. The SMILES string of the molecule is COC1CCC(S(=O)C(C)(C)C(=O)NC(=NN)NNC(C)(C)C)CC1. The summed E-state index contributed by atoms with van der Waals surface area (Å²) in [7, 11) is 0.385. The van der Waals surface area contributed by atoms with Gasteiger partial charge in [0.15, 0.2) is 0 Å². The molecule has 0 aromatic rings. The topological polar surface area (TPSA) is 118 Å². The highest BCUT2D eigenvalue weighted by molar-refractivity contribution is 7.87. The van der Waals surface area contributed by atoms with E-state index in [1.54, 1.807) is 21.0 Å². The third kappa shape index (κ3) is 6.56. The van der Waals surface area contributed by atoms with Crippen LogP contribution in [0.4, 0.5) is 0 Å². The number of hydrogen-bond donors (Lipinski definition) is 4. The van der Waals surface area contributed by atoms with Crippen LogP contribution in [0.5, 0.6) is 0 Å². The minimum atomic E-state index is -1.31. The lowest BCUT2D eigenvalue weighted by molar-refractivity contribution is -0.121. The Labute approximate surface area is 153 Å². The van der Waals surface area contributed by atoms with E-state index in [4.69, 9.17) is 10.6 Å². The van der Waals surface area contributed by atoms with Crippen LogP contribution in [0.2, 0.25) is 0 Å². The van der Waals surface area contributed by atoms with Crippen molar-refractivity contribution < 1.29 is 13.7 Å². The van der Waals surface area contributed by atoms with Crippen LogP contribution in [0.25, 0.3) is 0 Å². The van der Waals surface area contributed by atoms with Gasteiger partial charge in [0, 0.05) is 28.7 Å². The number of nitrogens with one attached hydrogen (secondary N) is 3. The van der Waals surface area contributed by atoms with Gasteiger partial charge in [-0.25, -0.2) is 5.43 Å². The van der Waals surface area contributed by atoms with Crippen molar-refractivity contribution in [1.29, 1.82) is 0 Å². The molecule has 0 aromatic carbocycles. The van der Waals surface area contributed by atoms with E-state index in [0.717, 1.165) is 25.7 Å². The van der Waals surface area contributed by atoms with E-state index in [1.165, 1.54) is 0 Å². The first-order valence-electron chi connectivity index (χ1n) is 8.57. The van der Waals surface area contributed by atoms with Crippen LogP contribution in [0.15, 0.2) is 5.10 Å². The number of ether oxygens (including phenoxy) is 1. The van der Waals surface area contributed by atoms with Crippen molar-refractivity contribution in [3.8, 4) is 0 Å². The number of methoxy groups -OCH3 is 1. The van der Waals surface area contributed by atoms with Crippen molar-refractivity contribution >= 4 is 22.7 Å². The smallest absolute Gasteiger partial charge is 0.245 e. The number of amides is 1. The number of hydrogen-bond acceptors (Lipinski definition) is 6. The van der Waals surface area contributed by atoms with E-state index in [0.29, 0.717) is 0 Å². The van der Waals surface area contributed by atoms with Crippen molar-refractivity contribution in [2.75, 3.05) is 7.11 Å². The van der Waals surface area contributed by atoms with Gasteiger partial charge in [-0.3, -0.25) is 19.7 Å².